The van der Waals surface area contributed by atoms with Gasteiger partial charge in [-0.3, -0.25) is 4.79 Å². The molecule has 6 rings (SSSR count). The van der Waals surface area contributed by atoms with E-state index in [1.165, 1.54) is 24.6 Å². The van der Waals surface area contributed by atoms with Gasteiger partial charge in [-0.2, -0.15) is 0 Å². The van der Waals surface area contributed by atoms with Crippen molar-refractivity contribution in [2.45, 2.75) is 18.3 Å². The number of nitrogens with zero attached hydrogens (tertiary/aromatic N) is 2. The van der Waals surface area contributed by atoms with E-state index in [4.69, 9.17) is 5.73 Å². The first-order chi connectivity index (χ1) is 15.4. The summed E-state index contributed by atoms with van der Waals surface area (Å²) in [5, 5.41) is 2.75. The van der Waals surface area contributed by atoms with E-state index in [-0.39, 0.29) is 11.7 Å². The monoisotopic (exact) mass is 428 g/mol. The van der Waals surface area contributed by atoms with Crippen LogP contribution in [0.4, 0.5) is 10.2 Å². The predicted octanol–water partition coefficient (Wildman–Crippen LogP) is 3.63. The number of hydrogen-bond acceptors (Lipinski definition) is 4. The molecular formula is C26H25FN4O. The van der Waals surface area contributed by atoms with Crippen molar-refractivity contribution in [3.8, 4) is 22.3 Å². The number of pyridine rings is 1. The molecule has 1 aromatic heterocycles. The molecule has 2 aromatic carbocycles. The van der Waals surface area contributed by atoms with Gasteiger partial charge in [0.1, 0.15) is 11.6 Å². The minimum atomic E-state index is -0.467. The first-order valence-corrected chi connectivity index (χ1v) is 11.1. The lowest BCUT2D eigenvalue weighted by Gasteiger charge is -2.19. The third kappa shape index (κ3) is 2.93. The molecule has 32 heavy (non-hydrogen) atoms. The van der Waals surface area contributed by atoms with Gasteiger partial charge in [0.25, 0.3) is 5.91 Å². The highest BCUT2D eigenvalue weighted by Crippen LogP contribution is 2.58. The summed E-state index contributed by atoms with van der Waals surface area (Å²) in [6, 6.07) is 13.7. The van der Waals surface area contributed by atoms with Crippen molar-refractivity contribution in [2.75, 3.05) is 32.4 Å². The van der Waals surface area contributed by atoms with Crippen molar-refractivity contribution in [1.82, 2.24) is 15.2 Å². The summed E-state index contributed by atoms with van der Waals surface area (Å²) in [5.41, 5.74) is 12.0. The number of anilines is 1. The SMILES string of the molecule is CN1CC2C[C@@]2(c2ccc(-c3cnc(N)c(-c4cc5c(cc4F)C(=O)NCC5)c3)cc2)C1. The normalized spacial score (nSPS) is 24.1. The van der Waals surface area contributed by atoms with E-state index in [0.29, 0.717) is 35.1 Å². The van der Waals surface area contributed by atoms with E-state index < -0.39 is 5.82 Å². The van der Waals surface area contributed by atoms with Crippen LogP contribution in [0.15, 0.2) is 48.7 Å². The van der Waals surface area contributed by atoms with Crippen LogP contribution in [0.2, 0.25) is 0 Å². The Balaban J connectivity index is 1.36. The summed E-state index contributed by atoms with van der Waals surface area (Å²) in [7, 11) is 2.19. The quantitative estimate of drug-likeness (QED) is 0.668. The predicted molar refractivity (Wildman–Crippen MR) is 123 cm³/mol. The van der Waals surface area contributed by atoms with Crippen molar-refractivity contribution in [3.63, 3.8) is 0 Å². The van der Waals surface area contributed by atoms with Gasteiger partial charge in [-0.1, -0.05) is 24.3 Å². The Morgan fingerprint density at radius 1 is 1.12 bits per heavy atom. The van der Waals surface area contributed by atoms with Crippen LogP contribution in [0.3, 0.4) is 0 Å². The Hall–Kier alpha value is -3.25. The number of likely N-dealkylation sites (N-methyl/N-ethyl adjacent to an activating group) is 1. The van der Waals surface area contributed by atoms with Crippen LogP contribution in [-0.4, -0.2) is 42.5 Å². The maximum absolute atomic E-state index is 15.0. The number of nitrogen functional groups attached to an aromatic ring is 1. The molecule has 5 nitrogen and oxygen atoms in total. The van der Waals surface area contributed by atoms with E-state index in [1.54, 1.807) is 12.3 Å². The third-order valence-corrected chi connectivity index (χ3v) is 7.44. The number of nitrogens with one attached hydrogen (secondary N) is 1. The van der Waals surface area contributed by atoms with Crippen LogP contribution in [0.25, 0.3) is 22.3 Å². The van der Waals surface area contributed by atoms with E-state index in [0.717, 1.165) is 29.2 Å². The molecule has 162 valence electrons. The Morgan fingerprint density at radius 3 is 2.69 bits per heavy atom. The van der Waals surface area contributed by atoms with E-state index in [9.17, 15) is 9.18 Å². The zero-order valence-corrected chi connectivity index (χ0v) is 18.0. The maximum atomic E-state index is 15.0. The molecule has 1 amide bonds. The van der Waals surface area contributed by atoms with Crippen molar-refractivity contribution >= 4 is 11.7 Å². The maximum Gasteiger partial charge on any atom is 0.251 e. The number of nitrogens with two attached hydrogens (primary N) is 1. The van der Waals surface area contributed by atoms with Gasteiger partial charge < -0.3 is 16.0 Å². The zero-order chi connectivity index (χ0) is 22.0. The van der Waals surface area contributed by atoms with E-state index in [2.05, 4.69) is 46.5 Å². The van der Waals surface area contributed by atoms with Crippen LogP contribution < -0.4 is 11.1 Å². The molecule has 0 bridgehead atoms. The number of carbonyl (C=O) groups is 1. The fraction of sp³-hybridized carbons (Fsp3) is 0.308. The van der Waals surface area contributed by atoms with E-state index in [1.807, 2.05) is 6.07 Å². The molecule has 0 spiro atoms. The molecule has 3 aliphatic rings. The second kappa shape index (κ2) is 6.87. The third-order valence-electron chi connectivity index (χ3n) is 7.44. The molecule has 0 radical (unpaired) electrons. The lowest BCUT2D eigenvalue weighted by atomic mass is 9.92. The molecule has 1 unspecified atom stereocenters. The van der Waals surface area contributed by atoms with Crippen LogP contribution in [0.1, 0.15) is 27.9 Å². The molecule has 1 saturated heterocycles. The van der Waals surface area contributed by atoms with Gasteiger partial charge in [0.2, 0.25) is 0 Å². The van der Waals surface area contributed by atoms with Gasteiger partial charge in [0.15, 0.2) is 0 Å². The van der Waals surface area contributed by atoms with Crippen LogP contribution in [-0.2, 0) is 11.8 Å². The number of amides is 1. The number of benzene rings is 2. The molecule has 2 fully saturated rings. The molecule has 6 heteroatoms. The number of rotatable bonds is 3. The van der Waals surface area contributed by atoms with Crippen molar-refractivity contribution in [2.24, 2.45) is 5.92 Å². The molecule has 1 saturated carbocycles. The van der Waals surface area contributed by atoms with Gasteiger partial charge in [-0.15, -0.1) is 0 Å². The Morgan fingerprint density at radius 2 is 1.94 bits per heavy atom. The Bertz CT molecular complexity index is 1260. The van der Waals surface area contributed by atoms with Gasteiger partial charge in [-0.25, -0.2) is 9.37 Å². The van der Waals surface area contributed by atoms with Crippen LogP contribution in [0.5, 0.6) is 0 Å². The Labute approximate surface area is 186 Å². The number of piperidine rings is 1. The second-order valence-corrected chi connectivity index (χ2v) is 9.48. The largest absolute Gasteiger partial charge is 0.383 e. The molecule has 3 N–H and O–H groups in total. The second-order valence-electron chi connectivity index (χ2n) is 9.48. The fourth-order valence-corrected chi connectivity index (χ4v) is 5.67. The zero-order valence-electron chi connectivity index (χ0n) is 18.0. The number of likely N-dealkylation sites (tertiary alicyclic amines) is 1. The molecule has 3 aromatic rings. The summed E-state index contributed by atoms with van der Waals surface area (Å²) >= 11 is 0. The van der Waals surface area contributed by atoms with Crippen LogP contribution in [0, 0.1) is 11.7 Å². The molecular weight excluding hydrogens is 403 g/mol. The molecule has 2 atom stereocenters. The number of carbonyl (C=O) groups excluding carboxylic acids is 1. The smallest absolute Gasteiger partial charge is 0.251 e. The van der Waals surface area contributed by atoms with Crippen molar-refractivity contribution in [3.05, 3.63) is 71.2 Å². The lowest BCUT2D eigenvalue weighted by molar-refractivity contribution is 0.0945. The van der Waals surface area contributed by atoms with Gasteiger partial charge in [0, 0.05) is 53.5 Å². The van der Waals surface area contributed by atoms with Crippen molar-refractivity contribution < 1.29 is 9.18 Å². The van der Waals surface area contributed by atoms with Gasteiger partial charge in [-0.05, 0) is 60.7 Å². The molecule has 2 aliphatic heterocycles. The number of fused-ring (bicyclic) bond motifs is 2. The van der Waals surface area contributed by atoms with Gasteiger partial charge in [0.05, 0.1) is 0 Å². The average molecular weight is 429 g/mol. The Kier molecular flexibility index (Phi) is 4.17. The minimum absolute atomic E-state index is 0.234. The highest BCUT2D eigenvalue weighted by atomic mass is 19.1. The number of halogens is 1. The fourth-order valence-electron chi connectivity index (χ4n) is 5.67. The molecule has 1 aliphatic carbocycles. The highest BCUT2D eigenvalue weighted by molar-refractivity contribution is 5.97. The number of hydrogen-bond donors (Lipinski definition) is 2. The summed E-state index contributed by atoms with van der Waals surface area (Å²) in [4.78, 5) is 18.8. The molecule has 3 heterocycles. The first kappa shape index (κ1) is 19.4. The van der Waals surface area contributed by atoms with E-state index >= 15 is 0 Å². The lowest BCUT2D eigenvalue weighted by Crippen LogP contribution is -2.32. The van der Waals surface area contributed by atoms with Crippen LogP contribution >= 0.6 is 0 Å². The summed E-state index contributed by atoms with van der Waals surface area (Å²) < 4.78 is 15.0. The summed E-state index contributed by atoms with van der Waals surface area (Å²) in [5.74, 6) is 0.351. The number of aromatic nitrogens is 1. The standard InChI is InChI=1S/C26H25FN4O/c1-31-13-19-11-26(19,14-31)18-4-2-15(3-5-18)17-9-22(24(28)30-12-17)21-8-16-6-7-29-25(32)20(16)10-23(21)27/h2-5,8-10,12,19H,6-7,11,13-14H2,1H3,(H2,28,30)(H,29,32)/t19?,26-/m0/s1. The first-order valence-electron chi connectivity index (χ1n) is 11.1. The van der Waals surface area contributed by atoms with Crippen molar-refractivity contribution in [1.29, 1.82) is 0 Å². The minimum Gasteiger partial charge on any atom is -0.383 e. The average Bonchev–Trinajstić information content (AvgIpc) is 3.36. The highest BCUT2D eigenvalue weighted by Gasteiger charge is 2.59. The summed E-state index contributed by atoms with van der Waals surface area (Å²) in [6.07, 6.45) is 3.68. The summed E-state index contributed by atoms with van der Waals surface area (Å²) in [6.45, 7) is 2.86. The van der Waals surface area contributed by atoms with Gasteiger partial charge >= 0.3 is 0 Å². The topological polar surface area (TPSA) is 71.2 Å².